The number of nitrogens with zero attached hydrogens (tertiary/aromatic N) is 1. The molecule has 0 spiro atoms. The van der Waals surface area contributed by atoms with Crippen LogP contribution in [0.3, 0.4) is 0 Å². The Balaban J connectivity index is 1.94. The van der Waals surface area contributed by atoms with Crippen molar-refractivity contribution in [2.45, 2.75) is 45.6 Å². The number of imide groups is 1. The number of aryl methyl sites for hydroxylation is 1. The smallest absolute Gasteiger partial charge is 0.325 e. The highest BCUT2D eigenvalue weighted by Gasteiger charge is 2.48. The van der Waals surface area contributed by atoms with Crippen LogP contribution in [0.5, 0.6) is 5.75 Å². The number of urea groups is 1. The average Bonchev–Trinajstić information content (AvgIpc) is 2.79. The Hall–Kier alpha value is -2.04. The first-order valence-electron chi connectivity index (χ1n) is 7.92. The maximum Gasteiger partial charge on any atom is 0.325 e. The lowest BCUT2D eigenvalue weighted by Gasteiger charge is -2.23. The molecule has 0 aromatic heterocycles. The van der Waals surface area contributed by atoms with Gasteiger partial charge in [0.1, 0.15) is 17.9 Å². The van der Waals surface area contributed by atoms with E-state index in [1.165, 1.54) is 10.5 Å². The molecule has 2 rings (SSSR count). The summed E-state index contributed by atoms with van der Waals surface area (Å²) in [5.74, 6) is 0.622. The number of amides is 3. The van der Waals surface area contributed by atoms with Crippen molar-refractivity contribution in [2.24, 2.45) is 0 Å². The monoisotopic (exact) mass is 304 g/mol. The second kappa shape index (κ2) is 6.81. The third-order valence-electron chi connectivity index (χ3n) is 4.34. The lowest BCUT2D eigenvalue weighted by Crippen LogP contribution is -2.46. The topological polar surface area (TPSA) is 58.6 Å². The number of hydrogen-bond donors (Lipinski definition) is 1. The summed E-state index contributed by atoms with van der Waals surface area (Å²) in [6.45, 7) is 6.48. The summed E-state index contributed by atoms with van der Waals surface area (Å²) in [5.41, 5.74) is 0.461. The van der Waals surface area contributed by atoms with E-state index in [9.17, 15) is 9.59 Å². The minimum Gasteiger partial charge on any atom is -0.492 e. The summed E-state index contributed by atoms with van der Waals surface area (Å²) in [5, 5.41) is 2.82. The third-order valence-corrected chi connectivity index (χ3v) is 4.34. The van der Waals surface area contributed by atoms with Gasteiger partial charge in [-0.05, 0) is 37.0 Å². The zero-order valence-corrected chi connectivity index (χ0v) is 13.5. The van der Waals surface area contributed by atoms with Crippen LogP contribution in [0.15, 0.2) is 24.3 Å². The maximum absolute atomic E-state index is 12.4. The Bertz CT molecular complexity index is 553. The maximum atomic E-state index is 12.4. The van der Waals surface area contributed by atoms with E-state index in [2.05, 4.69) is 12.2 Å². The van der Waals surface area contributed by atoms with E-state index in [0.29, 0.717) is 19.4 Å². The fraction of sp³-hybridized carbons (Fsp3) is 0.529. The minimum absolute atomic E-state index is 0.145. The second-order valence-corrected chi connectivity index (χ2v) is 5.53. The number of rotatable bonds is 7. The molecule has 1 fully saturated rings. The van der Waals surface area contributed by atoms with Gasteiger partial charge in [0, 0.05) is 0 Å². The molecule has 1 aromatic carbocycles. The van der Waals surface area contributed by atoms with Gasteiger partial charge in [0.25, 0.3) is 5.91 Å². The molecule has 1 aliphatic heterocycles. The largest absolute Gasteiger partial charge is 0.492 e. The molecule has 1 N–H and O–H groups in total. The summed E-state index contributed by atoms with van der Waals surface area (Å²) in [4.78, 5) is 25.7. The summed E-state index contributed by atoms with van der Waals surface area (Å²) in [6, 6.07) is 7.53. The predicted molar refractivity (Wildman–Crippen MR) is 84.9 cm³/mol. The molecule has 1 saturated heterocycles. The van der Waals surface area contributed by atoms with Gasteiger partial charge in [0.05, 0.1) is 6.54 Å². The van der Waals surface area contributed by atoms with Crippen LogP contribution in [-0.2, 0) is 11.2 Å². The molecule has 5 nitrogen and oxygen atoms in total. The first kappa shape index (κ1) is 16.3. The molecule has 0 radical (unpaired) electrons. The van der Waals surface area contributed by atoms with E-state index in [1.807, 2.05) is 38.1 Å². The van der Waals surface area contributed by atoms with Gasteiger partial charge in [-0.2, -0.15) is 0 Å². The van der Waals surface area contributed by atoms with E-state index >= 15 is 0 Å². The number of hydrogen-bond acceptors (Lipinski definition) is 3. The first-order chi connectivity index (χ1) is 10.6. The van der Waals surface area contributed by atoms with Crippen molar-refractivity contribution < 1.29 is 14.3 Å². The van der Waals surface area contributed by atoms with Gasteiger partial charge >= 0.3 is 6.03 Å². The van der Waals surface area contributed by atoms with Crippen LogP contribution in [0, 0.1) is 0 Å². The third kappa shape index (κ3) is 3.08. The van der Waals surface area contributed by atoms with Crippen molar-refractivity contribution in [2.75, 3.05) is 13.2 Å². The zero-order valence-electron chi connectivity index (χ0n) is 13.5. The molecule has 0 unspecified atom stereocenters. The minimum atomic E-state index is -0.737. The summed E-state index contributed by atoms with van der Waals surface area (Å²) >= 11 is 0. The summed E-state index contributed by atoms with van der Waals surface area (Å²) in [7, 11) is 0. The molecule has 1 heterocycles. The molecule has 22 heavy (non-hydrogen) atoms. The molecule has 0 bridgehead atoms. The Kier molecular flexibility index (Phi) is 5.06. The van der Waals surface area contributed by atoms with Crippen LogP contribution in [0.1, 0.15) is 39.2 Å². The van der Waals surface area contributed by atoms with E-state index in [-0.39, 0.29) is 18.5 Å². The number of carbonyl (C=O) groups is 2. The Morgan fingerprint density at radius 2 is 1.91 bits per heavy atom. The Labute approximate surface area is 131 Å². The fourth-order valence-corrected chi connectivity index (χ4v) is 2.72. The molecule has 1 aromatic rings. The van der Waals surface area contributed by atoms with Crippen LogP contribution in [0.25, 0.3) is 0 Å². The number of benzene rings is 1. The first-order valence-corrected chi connectivity index (χ1v) is 7.92. The molecular weight excluding hydrogens is 280 g/mol. The van der Waals surface area contributed by atoms with Crippen LogP contribution in [-0.4, -0.2) is 35.5 Å². The SMILES string of the molecule is CCc1cccc(OCCN2C(=O)NC(CC)(CC)C2=O)c1. The zero-order chi connectivity index (χ0) is 16.2. The van der Waals surface area contributed by atoms with Crippen molar-refractivity contribution in [3.8, 4) is 5.75 Å². The van der Waals surface area contributed by atoms with Crippen molar-refractivity contribution in [1.29, 1.82) is 0 Å². The average molecular weight is 304 g/mol. The molecule has 1 aliphatic rings. The predicted octanol–water partition coefficient (Wildman–Crippen LogP) is 2.74. The van der Waals surface area contributed by atoms with Crippen LogP contribution >= 0.6 is 0 Å². The highest BCUT2D eigenvalue weighted by molar-refractivity contribution is 6.06. The van der Waals surface area contributed by atoms with Gasteiger partial charge in [-0.1, -0.05) is 32.9 Å². The number of nitrogens with one attached hydrogen (secondary N) is 1. The number of carbonyl (C=O) groups excluding carboxylic acids is 2. The Morgan fingerprint density at radius 1 is 1.18 bits per heavy atom. The summed E-state index contributed by atoms with van der Waals surface area (Å²) < 4.78 is 5.67. The lowest BCUT2D eigenvalue weighted by molar-refractivity contribution is -0.131. The highest BCUT2D eigenvalue weighted by Crippen LogP contribution is 2.24. The molecule has 0 saturated carbocycles. The standard InChI is InChI=1S/C17H24N2O3/c1-4-13-8-7-9-14(12-13)22-11-10-19-15(20)17(5-2,6-3)18-16(19)21/h7-9,12H,4-6,10-11H2,1-3H3,(H,18,21). The highest BCUT2D eigenvalue weighted by atomic mass is 16.5. The second-order valence-electron chi connectivity index (χ2n) is 5.53. The molecular formula is C17H24N2O3. The molecule has 0 atom stereocenters. The van der Waals surface area contributed by atoms with Gasteiger partial charge in [-0.3, -0.25) is 9.69 Å². The van der Waals surface area contributed by atoms with Crippen LogP contribution in [0.2, 0.25) is 0 Å². The lowest BCUT2D eigenvalue weighted by atomic mass is 9.93. The van der Waals surface area contributed by atoms with Crippen molar-refractivity contribution in [3.63, 3.8) is 0 Å². The van der Waals surface area contributed by atoms with Gasteiger partial charge in [-0.15, -0.1) is 0 Å². The summed E-state index contributed by atoms with van der Waals surface area (Å²) in [6.07, 6.45) is 2.15. The van der Waals surface area contributed by atoms with Gasteiger partial charge in [-0.25, -0.2) is 4.79 Å². The van der Waals surface area contributed by atoms with E-state index in [1.54, 1.807) is 0 Å². The van der Waals surface area contributed by atoms with Crippen molar-refractivity contribution in [3.05, 3.63) is 29.8 Å². The molecule has 120 valence electrons. The van der Waals surface area contributed by atoms with E-state index < -0.39 is 5.54 Å². The molecule has 5 heteroatoms. The van der Waals surface area contributed by atoms with Crippen LogP contribution < -0.4 is 10.1 Å². The number of ether oxygens (including phenoxy) is 1. The fourth-order valence-electron chi connectivity index (χ4n) is 2.72. The van der Waals surface area contributed by atoms with E-state index in [0.717, 1.165) is 12.2 Å². The van der Waals surface area contributed by atoms with Gasteiger partial charge < -0.3 is 10.1 Å². The van der Waals surface area contributed by atoms with Gasteiger partial charge in [0.15, 0.2) is 0 Å². The van der Waals surface area contributed by atoms with Crippen molar-refractivity contribution >= 4 is 11.9 Å². The quantitative estimate of drug-likeness (QED) is 0.788. The normalized spacial score (nSPS) is 16.8. The van der Waals surface area contributed by atoms with Gasteiger partial charge in [0.2, 0.25) is 0 Å². The van der Waals surface area contributed by atoms with Crippen molar-refractivity contribution in [1.82, 2.24) is 10.2 Å². The molecule has 3 amide bonds. The van der Waals surface area contributed by atoms with Crippen LogP contribution in [0.4, 0.5) is 4.79 Å². The molecule has 0 aliphatic carbocycles. The van der Waals surface area contributed by atoms with E-state index in [4.69, 9.17) is 4.74 Å². The Morgan fingerprint density at radius 3 is 2.50 bits per heavy atom.